The molecule has 216 valence electrons. The van der Waals surface area contributed by atoms with Gasteiger partial charge in [-0.25, -0.2) is 8.42 Å². The highest BCUT2D eigenvalue weighted by Crippen LogP contribution is 2.32. The Morgan fingerprint density at radius 2 is 1.67 bits per heavy atom. The Balaban J connectivity index is 2.26. The third kappa shape index (κ3) is 9.88. The maximum absolute atomic E-state index is 13.3. The van der Waals surface area contributed by atoms with Gasteiger partial charge in [-0.15, -0.1) is 0 Å². The van der Waals surface area contributed by atoms with Crippen LogP contribution in [0.3, 0.4) is 0 Å². The molecule has 0 saturated carbocycles. The maximum atomic E-state index is 13.3. The first-order valence-electron chi connectivity index (χ1n) is 12.0. The topological polar surface area (TPSA) is 86.8 Å². The van der Waals surface area contributed by atoms with Gasteiger partial charge in [0.1, 0.15) is 6.04 Å². The van der Waals surface area contributed by atoms with Crippen molar-refractivity contribution in [3.63, 3.8) is 0 Å². The van der Waals surface area contributed by atoms with E-state index >= 15 is 0 Å². The van der Waals surface area contributed by atoms with Crippen LogP contribution in [0.15, 0.2) is 42.5 Å². The van der Waals surface area contributed by atoms with Crippen LogP contribution < -0.4 is 9.62 Å². The molecule has 1 N–H and O–H groups in total. The Morgan fingerprint density at radius 3 is 2.21 bits per heavy atom. The lowest BCUT2D eigenvalue weighted by Crippen LogP contribution is -2.52. The van der Waals surface area contributed by atoms with Gasteiger partial charge in [0.2, 0.25) is 21.8 Å². The van der Waals surface area contributed by atoms with Gasteiger partial charge in [0.15, 0.2) is 0 Å². The number of hydrogen-bond acceptors (Lipinski definition) is 4. The van der Waals surface area contributed by atoms with Crippen molar-refractivity contribution in [3.8, 4) is 0 Å². The minimum absolute atomic E-state index is 0.00632. The number of carbonyl (C=O) groups is 2. The first-order valence-corrected chi connectivity index (χ1v) is 14.6. The van der Waals surface area contributed by atoms with Gasteiger partial charge in [-0.3, -0.25) is 13.9 Å². The predicted octanol–water partition coefficient (Wildman–Crippen LogP) is 5.89. The highest BCUT2D eigenvalue weighted by atomic mass is 35.5. The zero-order valence-electron chi connectivity index (χ0n) is 22.3. The number of amides is 2. The van der Waals surface area contributed by atoms with Crippen LogP contribution in [0.25, 0.3) is 0 Å². The number of carbonyl (C=O) groups excluding carboxylic acids is 2. The molecule has 0 unspecified atom stereocenters. The Hall–Kier alpha value is -2.50. The lowest BCUT2D eigenvalue weighted by Gasteiger charge is -2.32. The summed E-state index contributed by atoms with van der Waals surface area (Å²) >= 11 is 12.1. The summed E-state index contributed by atoms with van der Waals surface area (Å²) in [5.41, 5.74) is -1.08. The largest absolute Gasteiger partial charge is 0.416 e. The van der Waals surface area contributed by atoms with Gasteiger partial charge in [0.05, 0.1) is 27.6 Å². The van der Waals surface area contributed by atoms with E-state index in [1.165, 1.54) is 11.0 Å². The third-order valence-corrected chi connectivity index (χ3v) is 7.55. The van der Waals surface area contributed by atoms with Crippen molar-refractivity contribution < 1.29 is 31.2 Å². The van der Waals surface area contributed by atoms with Gasteiger partial charge >= 0.3 is 6.18 Å². The number of rotatable bonds is 10. The van der Waals surface area contributed by atoms with Crippen LogP contribution in [0.4, 0.5) is 18.9 Å². The van der Waals surface area contributed by atoms with E-state index in [2.05, 4.69) is 5.32 Å². The molecule has 0 saturated heterocycles. The van der Waals surface area contributed by atoms with Gasteiger partial charge in [0.25, 0.3) is 0 Å². The van der Waals surface area contributed by atoms with Gasteiger partial charge < -0.3 is 10.2 Å². The quantitative estimate of drug-likeness (QED) is 0.364. The average Bonchev–Trinajstić information content (AvgIpc) is 2.79. The van der Waals surface area contributed by atoms with E-state index in [0.717, 1.165) is 28.8 Å². The second kappa shape index (κ2) is 12.8. The summed E-state index contributed by atoms with van der Waals surface area (Å²) in [6, 6.07) is 7.90. The first-order chi connectivity index (χ1) is 17.8. The van der Waals surface area contributed by atoms with E-state index in [9.17, 15) is 31.2 Å². The predicted molar refractivity (Wildman–Crippen MR) is 147 cm³/mol. The van der Waals surface area contributed by atoms with Crippen molar-refractivity contribution >= 4 is 50.7 Å². The van der Waals surface area contributed by atoms with E-state index in [-0.39, 0.29) is 36.6 Å². The molecule has 13 heteroatoms. The Kier molecular flexibility index (Phi) is 10.7. The van der Waals surface area contributed by atoms with Crippen molar-refractivity contribution in [2.24, 2.45) is 0 Å². The standard InChI is InChI=1S/C26H32Cl2F3N3O4S/c1-17(24(36)32-25(2,3)4)33(16-18-11-12-21(27)22(28)14-18)23(35)10-7-13-34(39(5,37)38)20-9-6-8-19(15-20)26(29,30)31/h6,8-9,11-12,14-15,17H,7,10,13,16H2,1-5H3,(H,32,36)/t17-/m0/s1. The molecule has 2 rings (SSSR count). The van der Waals surface area contributed by atoms with Crippen LogP contribution >= 0.6 is 23.2 Å². The molecule has 1 atom stereocenters. The minimum Gasteiger partial charge on any atom is -0.350 e. The summed E-state index contributed by atoms with van der Waals surface area (Å²) < 4.78 is 65.2. The van der Waals surface area contributed by atoms with Crippen molar-refractivity contribution in [3.05, 3.63) is 63.6 Å². The maximum Gasteiger partial charge on any atom is 0.416 e. The number of hydrogen-bond donors (Lipinski definition) is 1. The molecule has 0 aliphatic heterocycles. The van der Waals surface area contributed by atoms with Crippen molar-refractivity contribution in [2.45, 2.75) is 64.8 Å². The molecule has 7 nitrogen and oxygen atoms in total. The molecular formula is C26H32Cl2F3N3O4S. The third-order valence-electron chi connectivity index (χ3n) is 5.62. The van der Waals surface area contributed by atoms with Gasteiger partial charge in [-0.05, 0) is 70.0 Å². The molecule has 0 heterocycles. The van der Waals surface area contributed by atoms with Crippen LogP contribution in [0.1, 0.15) is 51.7 Å². The lowest BCUT2D eigenvalue weighted by molar-refractivity contribution is -0.141. The summed E-state index contributed by atoms with van der Waals surface area (Å²) in [5, 5.41) is 3.44. The highest BCUT2D eigenvalue weighted by Gasteiger charge is 2.32. The molecule has 0 fully saturated rings. The molecule has 2 amide bonds. The van der Waals surface area contributed by atoms with Crippen molar-refractivity contribution in [1.29, 1.82) is 0 Å². The number of nitrogens with zero attached hydrogens (tertiary/aromatic N) is 2. The summed E-state index contributed by atoms with van der Waals surface area (Å²) in [7, 11) is -3.96. The lowest BCUT2D eigenvalue weighted by atomic mass is 10.1. The summed E-state index contributed by atoms with van der Waals surface area (Å²) in [4.78, 5) is 27.6. The summed E-state index contributed by atoms with van der Waals surface area (Å²) in [6.45, 7) is 6.76. The fourth-order valence-electron chi connectivity index (χ4n) is 3.73. The van der Waals surface area contributed by atoms with Crippen LogP contribution in [-0.2, 0) is 32.3 Å². The summed E-state index contributed by atoms with van der Waals surface area (Å²) in [6.07, 6.45) is -3.94. The van der Waals surface area contributed by atoms with E-state index in [1.807, 2.05) is 0 Å². The highest BCUT2D eigenvalue weighted by molar-refractivity contribution is 7.92. The molecule has 0 aromatic heterocycles. The molecule has 0 aliphatic rings. The number of halogens is 5. The zero-order valence-corrected chi connectivity index (χ0v) is 24.6. The second-order valence-electron chi connectivity index (χ2n) is 10.2. The second-order valence-corrected chi connectivity index (χ2v) is 12.9. The number of anilines is 1. The van der Waals surface area contributed by atoms with Crippen molar-refractivity contribution in [2.75, 3.05) is 17.1 Å². The van der Waals surface area contributed by atoms with Gasteiger partial charge in [-0.1, -0.05) is 35.3 Å². The van der Waals surface area contributed by atoms with E-state index in [4.69, 9.17) is 23.2 Å². The fraction of sp³-hybridized carbons (Fsp3) is 0.462. The summed E-state index contributed by atoms with van der Waals surface area (Å²) in [5.74, 6) is -0.840. The van der Waals surface area contributed by atoms with Crippen LogP contribution in [-0.4, -0.2) is 49.5 Å². The number of benzene rings is 2. The molecular weight excluding hydrogens is 578 g/mol. The van der Waals surface area contributed by atoms with Crippen molar-refractivity contribution in [1.82, 2.24) is 10.2 Å². The molecule has 0 bridgehead atoms. The zero-order chi connectivity index (χ0) is 29.8. The van der Waals surface area contributed by atoms with Crippen LogP contribution in [0.2, 0.25) is 10.0 Å². The van der Waals surface area contributed by atoms with Crippen LogP contribution in [0.5, 0.6) is 0 Å². The van der Waals surface area contributed by atoms with E-state index < -0.39 is 45.2 Å². The number of nitrogens with one attached hydrogen (secondary N) is 1. The Morgan fingerprint density at radius 1 is 1.03 bits per heavy atom. The normalized spacial score (nSPS) is 13.1. The Bertz CT molecular complexity index is 1300. The minimum atomic E-state index is -4.65. The molecule has 2 aromatic rings. The first kappa shape index (κ1) is 32.7. The SMILES string of the molecule is C[C@@H](C(=O)NC(C)(C)C)N(Cc1ccc(Cl)c(Cl)c1)C(=O)CCCN(c1cccc(C(F)(F)F)c1)S(C)(=O)=O. The number of alkyl halides is 3. The smallest absolute Gasteiger partial charge is 0.350 e. The monoisotopic (exact) mass is 609 g/mol. The Labute approximate surface area is 237 Å². The fourth-order valence-corrected chi connectivity index (χ4v) is 5.01. The van der Waals surface area contributed by atoms with E-state index in [0.29, 0.717) is 10.6 Å². The van der Waals surface area contributed by atoms with Gasteiger partial charge in [-0.2, -0.15) is 13.2 Å². The number of sulfonamides is 1. The molecule has 0 radical (unpaired) electrons. The molecule has 39 heavy (non-hydrogen) atoms. The molecule has 0 spiro atoms. The van der Waals surface area contributed by atoms with Crippen LogP contribution in [0, 0.1) is 0 Å². The average molecular weight is 611 g/mol. The molecule has 0 aliphatic carbocycles. The van der Waals surface area contributed by atoms with E-state index in [1.54, 1.807) is 45.9 Å². The van der Waals surface area contributed by atoms with Gasteiger partial charge in [0, 0.05) is 25.0 Å². The molecule has 2 aromatic carbocycles.